The molecule has 0 aliphatic rings. The fourth-order valence-electron chi connectivity index (χ4n) is 1.13. The summed E-state index contributed by atoms with van der Waals surface area (Å²) in [6, 6.07) is 7.06. The Balaban J connectivity index is 2.66. The number of aliphatic hydroxyl groups excluding tert-OH is 1. The highest BCUT2D eigenvalue weighted by atomic mass is 32.3. The topological polar surface area (TPSA) is 72.7 Å². The Morgan fingerprint density at radius 1 is 1.25 bits per heavy atom. The van der Waals surface area contributed by atoms with Gasteiger partial charge in [-0.25, -0.2) is 4.72 Å². The fraction of sp³-hybridized carbons (Fsp3) is 0.455. The van der Waals surface area contributed by atoms with Crippen molar-refractivity contribution in [3.05, 3.63) is 29.8 Å². The van der Waals surface area contributed by atoms with Crippen LogP contribution in [0.15, 0.2) is 29.2 Å². The van der Waals surface area contributed by atoms with Gasteiger partial charge < -0.3 is 5.11 Å². The molecule has 1 aromatic carbocycles. The lowest BCUT2D eigenvalue weighted by atomic mass is 10.2. The number of aliphatic hydroxyl groups is 1. The molecule has 0 bridgehead atoms. The summed E-state index contributed by atoms with van der Waals surface area (Å²) < 4.78 is 22.4. The Bertz CT molecular complexity index is 327. The van der Waals surface area contributed by atoms with Crippen molar-refractivity contribution in [2.75, 3.05) is 13.2 Å². The van der Waals surface area contributed by atoms with Gasteiger partial charge in [-0.3, -0.25) is 9.11 Å². The molecule has 0 amide bonds. The molecule has 16 heavy (non-hydrogen) atoms. The highest BCUT2D eigenvalue weighted by molar-refractivity contribution is 8.22. The van der Waals surface area contributed by atoms with E-state index in [-0.39, 0.29) is 12.5 Å². The van der Waals surface area contributed by atoms with Crippen LogP contribution in [-0.2, 0) is 0 Å². The molecular weight excluding hydrogens is 226 g/mol. The quantitative estimate of drug-likeness (QED) is 0.642. The van der Waals surface area contributed by atoms with E-state index < -0.39 is 10.8 Å². The maximum atomic E-state index is 9.87. The van der Waals surface area contributed by atoms with Gasteiger partial charge in [0.05, 0.1) is 4.90 Å². The summed E-state index contributed by atoms with van der Waals surface area (Å²) in [4.78, 5) is 0.475. The minimum atomic E-state index is -2.94. The monoisotopic (exact) mass is 245 g/mol. The smallest absolute Gasteiger partial charge is 0.0750 e. The highest BCUT2D eigenvalue weighted by Gasteiger charge is 2.15. The average molecular weight is 245 g/mol. The van der Waals surface area contributed by atoms with Gasteiger partial charge in [0.1, 0.15) is 0 Å². The van der Waals surface area contributed by atoms with Crippen LogP contribution < -0.4 is 4.72 Å². The summed E-state index contributed by atoms with van der Waals surface area (Å²) in [5.74, 6) is -0.00313. The molecule has 0 saturated heterocycles. The highest BCUT2D eigenvalue weighted by Crippen LogP contribution is 2.43. The molecule has 0 aliphatic carbocycles. The van der Waals surface area contributed by atoms with Gasteiger partial charge in [-0.2, -0.15) is 0 Å². The lowest BCUT2D eigenvalue weighted by Crippen LogP contribution is -2.26. The Morgan fingerprint density at radius 2 is 1.81 bits per heavy atom. The van der Waals surface area contributed by atoms with Gasteiger partial charge >= 0.3 is 0 Å². The van der Waals surface area contributed by atoms with E-state index in [4.69, 9.17) is 5.11 Å². The number of nitrogens with one attached hydrogen (secondary N) is 1. The largest absolute Gasteiger partial charge is 0.396 e. The van der Waals surface area contributed by atoms with E-state index in [0.29, 0.717) is 11.4 Å². The zero-order valence-electron chi connectivity index (χ0n) is 9.55. The number of aryl methyl sites for hydroxylation is 1. The van der Waals surface area contributed by atoms with E-state index in [0.717, 1.165) is 5.56 Å². The molecule has 1 aromatic rings. The van der Waals surface area contributed by atoms with Gasteiger partial charge in [0.25, 0.3) is 0 Å². The van der Waals surface area contributed by atoms with Gasteiger partial charge in [0.15, 0.2) is 0 Å². The summed E-state index contributed by atoms with van der Waals surface area (Å²) >= 11 is 0. The van der Waals surface area contributed by atoms with E-state index in [1.807, 2.05) is 26.0 Å². The molecule has 0 aliphatic heterocycles. The van der Waals surface area contributed by atoms with Gasteiger partial charge in [0, 0.05) is 13.2 Å². The van der Waals surface area contributed by atoms with Crippen molar-refractivity contribution in [1.29, 1.82) is 0 Å². The number of hydrogen-bond donors (Lipinski definition) is 4. The van der Waals surface area contributed by atoms with Crippen LogP contribution in [0.2, 0.25) is 0 Å². The molecule has 5 heteroatoms. The van der Waals surface area contributed by atoms with Crippen molar-refractivity contribution in [1.82, 2.24) is 4.72 Å². The van der Waals surface area contributed by atoms with Crippen LogP contribution in [0.1, 0.15) is 12.5 Å². The lowest BCUT2D eigenvalue weighted by Gasteiger charge is -2.34. The maximum absolute atomic E-state index is 9.87. The molecule has 1 unspecified atom stereocenters. The summed E-state index contributed by atoms with van der Waals surface area (Å²) in [5, 5.41) is 8.84. The lowest BCUT2D eigenvalue weighted by molar-refractivity contribution is 0.237. The van der Waals surface area contributed by atoms with Crippen LogP contribution in [0.3, 0.4) is 0 Å². The molecule has 0 fully saturated rings. The van der Waals surface area contributed by atoms with Crippen LogP contribution >= 0.6 is 10.8 Å². The van der Waals surface area contributed by atoms with Crippen LogP contribution in [0.4, 0.5) is 0 Å². The Morgan fingerprint density at radius 3 is 2.31 bits per heavy atom. The van der Waals surface area contributed by atoms with Crippen LogP contribution in [0.25, 0.3) is 0 Å². The second kappa shape index (κ2) is 5.65. The third-order valence-corrected chi connectivity index (χ3v) is 3.79. The van der Waals surface area contributed by atoms with E-state index >= 15 is 0 Å². The van der Waals surface area contributed by atoms with Gasteiger partial charge in [-0.15, -0.1) is 10.8 Å². The van der Waals surface area contributed by atoms with E-state index in [2.05, 4.69) is 4.72 Å². The Labute approximate surface area is 97.8 Å². The van der Waals surface area contributed by atoms with Crippen LogP contribution in [0, 0.1) is 12.8 Å². The molecule has 0 spiro atoms. The molecule has 0 radical (unpaired) electrons. The Hall–Kier alpha value is -0.590. The number of rotatable bonds is 5. The minimum absolute atomic E-state index is 0.00313. The molecule has 1 atom stereocenters. The fourth-order valence-corrected chi connectivity index (χ4v) is 2.33. The van der Waals surface area contributed by atoms with E-state index in [1.54, 1.807) is 12.1 Å². The van der Waals surface area contributed by atoms with Gasteiger partial charge in [-0.05, 0) is 25.0 Å². The SMILES string of the molecule is Cc1ccc(S(O)(O)NCC(C)CO)cc1. The summed E-state index contributed by atoms with van der Waals surface area (Å²) in [7, 11) is -2.94. The first-order valence-electron chi connectivity index (χ1n) is 5.16. The maximum Gasteiger partial charge on any atom is 0.0750 e. The standard InChI is InChI=1S/C11H19NO3S/c1-9-3-5-11(6-4-9)16(14,15)12-7-10(2)8-13/h3-6,10,12-15H,7-8H2,1-2H3. The summed E-state index contributed by atoms with van der Waals surface area (Å²) in [6.07, 6.45) is 0. The predicted molar refractivity (Wildman–Crippen MR) is 66.5 cm³/mol. The van der Waals surface area contributed by atoms with Crippen molar-refractivity contribution in [2.24, 2.45) is 5.92 Å². The first-order valence-corrected chi connectivity index (χ1v) is 6.71. The zero-order chi connectivity index (χ0) is 12.2. The van der Waals surface area contributed by atoms with Crippen molar-refractivity contribution in [3.8, 4) is 0 Å². The molecule has 1 rings (SSSR count). The van der Waals surface area contributed by atoms with Crippen LogP contribution in [0.5, 0.6) is 0 Å². The summed E-state index contributed by atoms with van der Waals surface area (Å²) in [6.45, 7) is 4.16. The van der Waals surface area contributed by atoms with Crippen molar-refractivity contribution >= 4 is 10.8 Å². The molecule has 4 nitrogen and oxygen atoms in total. The molecule has 0 heterocycles. The normalized spacial score (nSPS) is 14.8. The van der Waals surface area contributed by atoms with Crippen molar-refractivity contribution in [3.63, 3.8) is 0 Å². The molecule has 4 N–H and O–H groups in total. The number of benzene rings is 1. The third kappa shape index (κ3) is 3.77. The Kier molecular flexibility index (Phi) is 4.76. The second-order valence-corrected chi connectivity index (χ2v) is 5.86. The minimum Gasteiger partial charge on any atom is -0.396 e. The first kappa shape index (κ1) is 13.5. The first-order chi connectivity index (χ1) is 7.45. The average Bonchev–Trinajstić information content (AvgIpc) is 2.26. The van der Waals surface area contributed by atoms with Gasteiger partial charge in [-0.1, -0.05) is 24.6 Å². The molecule has 0 aromatic heterocycles. The third-order valence-electron chi connectivity index (χ3n) is 2.29. The van der Waals surface area contributed by atoms with E-state index in [9.17, 15) is 9.11 Å². The molecular formula is C11H19NO3S. The van der Waals surface area contributed by atoms with Gasteiger partial charge in [0.2, 0.25) is 0 Å². The van der Waals surface area contributed by atoms with E-state index in [1.165, 1.54) is 0 Å². The second-order valence-electron chi connectivity index (χ2n) is 4.00. The number of hydrogen-bond acceptors (Lipinski definition) is 4. The van der Waals surface area contributed by atoms with Crippen molar-refractivity contribution < 1.29 is 14.2 Å². The van der Waals surface area contributed by atoms with Crippen molar-refractivity contribution in [2.45, 2.75) is 18.7 Å². The summed E-state index contributed by atoms with van der Waals surface area (Å²) in [5.41, 5.74) is 1.07. The zero-order valence-corrected chi connectivity index (χ0v) is 10.4. The molecule has 92 valence electrons. The molecule has 0 saturated carbocycles. The van der Waals surface area contributed by atoms with Crippen LogP contribution in [-0.4, -0.2) is 27.4 Å². The predicted octanol–water partition coefficient (Wildman–Crippen LogP) is 2.24.